The fourth-order valence-electron chi connectivity index (χ4n) is 6.26. The zero-order chi connectivity index (χ0) is 49.2. The maximum absolute atomic E-state index is 12.7. The molecule has 0 saturated carbocycles. The molecule has 0 spiro atoms. The number of nitrogens with one attached hydrogen (secondary N) is 1. The van der Waals surface area contributed by atoms with Crippen LogP contribution in [0.3, 0.4) is 0 Å². The fourth-order valence-corrected chi connectivity index (χ4v) is 7.00. The lowest BCUT2D eigenvalue weighted by atomic mass is 10.1. The molecule has 0 bridgehead atoms. The third-order valence-corrected chi connectivity index (χ3v) is 11.3. The average molecular weight is 948 g/mol. The van der Waals surface area contributed by atoms with E-state index in [1.54, 1.807) is 6.08 Å². The van der Waals surface area contributed by atoms with E-state index in [2.05, 4.69) is 153 Å². The third kappa shape index (κ3) is 50.1. The van der Waals surface area contributed by atoms with Crippen LogP contribution < -0.4 is 5.32 Å². The van der Waals surface area contributed by atoms with Gasteiger partial charge in [0, 0.05) is 6.42 Å². The van der Waals surface area contributed by atoms with Crippen LogP contribution in [0.25, 0.3) is 0 Å². The van der Waals surface area contributed by atoms with Gasteiger partial charge in [-0.15, -0.1) is 0 Å². The first kappa shape index (κ1) is 63.4. The summed E-state index contributed by atoms with van der Waals surface area (Å²) in [6.07, 6.45) is 74.4. The molecule has 0 fully saturated rings. The van der Waals surface area contributed by atoms with Crippen LogP contribution in [-0.2, 0) is 18.4 Å². The number of likely N-dealkylation sites (N-methyl/N-ethyl adjacent to an activating group) is 1. The number of amides is 1. The molecule has 0 aliphatic rings. The van der Waals surface area contributed by atoms with Crippen molar-refractivity contribution in [2.45, 2.75) is 174 Å². The van der Waals surface area contributed by atoms with Gasteiger partial charge in [-0.2, -0.15) is 0 Å². The molecule has 0 aliphatic heterocycles. The van der Waals surface area contributed by atoms with Crippen LogP contribution in [-0.4, -0.2) is 73.4 Å². The van der Waals surface area contributed by atoms with Gasteiger partial charge in [0.15, 0.2) is 0 Å². The molecular formula is C58H96N2O6P+. The topological polar surface area (TPSA) is 105 Å². The Morgan fingerprint density at radius 1 is 0.522 bits per heavy atom. The van der Waals surface area contributed by atoms with Crippen LogP contribution in [0.5, 0.6) is 0 Å². The summed E-state index contributed by atoms with van der Waals surface area (Å²) in [6.45, 7) is 4.50. The predicted octanol–water partition coefficient (Wildman–Crippen LogP) is 15.4. The van der Waals surface area contributed by atoms with E-state index in [4.69, 9.17) is 9.05 Å². The second-order valence-electron chi connectivity index (χ2n) is 17.8. The first-order chi connectivity index (χ1) is 32.5. The van der Waals surface area contributed by atoms with Crippen LogP contribution in [0.2, 0.25) is 0 Å². The van der Waals surface area contributed by atoms with E-state index in [-0.39, 0.29) is 19.1 Å². The highest BCUT2D eigenvalue weighted by Crippen LogP contribution is 2.43. The summed E-state index contributed by atoms with van der Waals surface area (Å²) >= 11 is 0. The molecule has 0 heterocycles. The SMILES string of the molecule is CC/C=C\C/C=C\C/C=C\C/C=C\C/C=C\C/C=C\C/C=C\C/C=C\C/C=C\C/C=C\C/C=C\CCCCCCCCCC(=O)NC(COP(=O)(O)OCC[N+](C)(C)C)C(O)/C=C/CCCC. The van der Waals surface area contributed by atoms with Crippen LogP contribution in [0.15, 0.2) is 146 Å². The number of carbonyl (C=O) groups excluding carboxylic acids is 1. The largest absolute Gasteiger partial charge is 0.472 e. The molecule has 8 nitrogen and oxygen atoms in total. The highest BCUT2D eigenvalue weighted by atomic mass is 31.2. The highest BCUT2D eigenvalue weighted by molar-refractivity contribution is 7.47. The number of hydrogen-bond donors (Lipinski definition) is 3. The lowest BCUT2D eigenvalue weighted by Crippen LogP contribution is -2.45. The Hall–Kier alpha value is -3.62. The van der Waals surface area contributed by atoms with Crippen molar-refractivity contribution < 1.29 is 32.9 Å². The zero-order valence-corrected chi connectivity index (χ0v) is 43.7. The van der Waals surface area contributed by atoms with Gasteiger partial charge in [0.2, 0.25) is 5.91 Å². The number of allylic oxidation sites excluding steroid dienone is 23. The Morgan fingerprint density at radius 2 is 0.896 bits per heavy atom. The molecule has 0 rings (SSSR count). The van der Waals surface area contributed by atoms with Gasteiger partial charge in [-0.1, -0.05) is 205 Å². The van der Waals surface area contributed by atoms with Crippen molar-refractivity contribution in [3.63, 3.8) is 0 Å². The Kier molecular flexibility index (Phi) is 44.9. The summed E-state index contributed by atoms with van der Waals surface area (Å²) in [5.74, 6) is -0.206. The summed E-state index contributed by atoms with van der Waals surface area (Å²) < 4.78 is 23.3. The van der Waals surface area contributed by atoms with Crippen LogP contribution in [0, 0.1) is 0 Å². The molecule has 9 heteroatoms. The molecule has 3 N–H and O–H groups in total. The van der Waals surface area contributed by atoms with Crippen molar-refractivity contribution in [3.05, 3.63) is 146 Å². The smallest absolute Gasteiger partial charge is 0.387 e. The number of aliphatic hydroxyl groups excluding tert-OH is 1. The molecule has 3 unspecified atom stereocenters. The van der Waals surface area contributed by atoms with E-state index >= 15 is 0 Å². The van der Waals surface area contributed by atoms with Crippen molar-refractivity contribution in [2.75, 3.05) is 40.9 Å². The highest BCUT2D eigenvalue weighted by Gasteiger charge is 2.27. The Morgan fingerprint density at radius 3 is 1.30 bits per heavy atom. The second-order valence-corrected chi connectivity index (χ2v) is 19.3. The summed E-state index contributed by atoms with van der Waals surface area (Å²) in [5, 5.41) is 13.5. The van der Waals surface area contributed by atoms with Gasteiger partial charge < -0.3 is 19.8 Å². The lowest BCUT2D eigenvalue weighted by molar-refractivity contribution is -0.870. The Balaban J connectivity index is 3.95. The number of unbranched alkanes of at least 4 members (excludes halogenated alkanes) is 9. The number of quaternary nitrogens is 1. The number of aliphatic hydroxyl groups is 1. The third-order valence-electron chi connectivity index (χ3n) is 10.3. The summed E-state index contributed by atoms with van der Waals surface area (Å²) in [7, 11) is 1.53. The number of rotatable bonds is 44. The molecule has 378 valence electrons. The first-order valence-corrected chi connectivity index (χ1v) is 27.2. The molecule has 0 aromatic heterocycles. The minimum absolute atomic E-state index is 0.0502. The Labute approximate surface area is 410 Å². The molecule has 0 aromatic rings. The summed E-state index contributed by atoms with van der Waals surface area (Å²) in [4.78, 5) is 22.9. The number of carbonyl (C=O) groups is 1. The van der Waals surface area contributed by atoms with E-state index in [9.17, 15) is 19.4 Å². The Bertz CT molecular complexity index is 1590. The summed E-state index contributed by atoms with van der Waals surface area (Å²) in [5.41, 5.74) is 0. The van der Waals surface area contributed by atoms with Gasteiger partial charge in [0.1, 0.15) is 13.2 Å². The first-order valence-electron chi connectivity index (χ1n) is 25.7. The minimum atomic E-state index is -4.33. The normalized spacial score (nSPS) is 15.3. The minimum Gasteiger partial charge on any atom is -0.387 e. The molecule has 0 saturated heterocycles. The molecule has 0 aromatic carbocycles. The quantitative estimate of drug-likeness (QED) is 0.0243. The molecule has 67 heavy (non-hydrogen) atoms. The van der Waals surface area contributed by atoms with Gasteiger partial charge in [0.05, 0.1) is 39.9 Å². The molecule has 0 aliphatic carbocycles. The van der Waals surface area contributed by atoms with Gasteiger partial charge in [-0.3, -0.25) is 13.8 Å². The van der Waals surface area contributed by atoms with Crippen LogP contribution in [0.1, 0.15) is 162 Å². The number of phosphoric ester groups is 1. The zero-order valence-electron chi connectivity index (χ0n) is 42.8. The molecular weight excluding hydrogens is 852 g/mol. The monoisotopic (exact) mass is 948 g/mol. The number of nitrogens with zero attached hydrogens (tertiary/aromatic N) is 1. The standard InChI is InChI=1S/C58H95N2O6P/c1-6-8-10-12-13-14-15-16-17-18-19-20-21-22-23-24-25-26-27-28-29-30-31-32-33-34-35-36-37-38-39-40-41-42-43-44-45-46-47-48-50-52-58(62)59-56(57(61)51-49-11-9-7-2)55-66-67(63,64)65-54-53-60(3,4)5/h8,10,13-14,16-17,19-20,22-23,25-26,28-29,31-32,34-35,37-38,40-41,49,51,56-57,61H,6-7,9,11-12,15,18,21,24,27,30,33,36,39,42-48,50,52-55H2,1-5H3,(H-,59,62,63,64)/p+1/b10-8-,14-13-,17-16-,20-19-,23-22-,26-25-,29-28-,32-31-,35-34-,38-37-,41-40-,51-49+. The van der Waals surface area contributed by atoms with E-state index in [0.717, 1.165) is 122 Å². The van der Waals surface area contributed by atoms with Crippen molar-refractivity contribution in [1.82, 2.24) is 5.32 Å². The van der Waals surface area contributed by atoms with E-state index < -0.39 is 20.0 Å². The second kappa shape index (κ2) is 47.4. The average Bonchev–Trinajstić information content (AvgIpc) is 3.29. The van der Waals surface area contributed by atoms with Crippen molar-refractivity contribution in [3.8, 4) is 0 Å². The predicted molar refractivity (Wildman–Crippen MR) is 290 cm³/mol. The van der Waals surface area contributed by atoms with Crippen molar-refractivity contribution in [2.24, 2.45) is 0 Å². The molecule has 3 atom stereocenters. The van der Waals surface area contributed by atoms with E-state index in [0.29, 0.717) is 17.4 Å². The number of hydrogen-bond acceptors (Lipinski definition) is 5. The van der Waals surface area contributed by atoms with Gasteiger partial charge in [0.25, 0.3) is 0 Å². The van der Waals surface area contributed by atoms with Crippen LogP contribution >= 0.6 is 7.82 Å². The van der Waals surface area contributed by atoms with Crippen molar-refractivity contribution in [1.29, 1.82) is 0 Å². The molecule has 1 amide bonds. The van der Waals surface area contributed by atoms with Gasteiger partial charge >= 0.3 is 7.82 Å². The van der Waals surface area contributed by atoms with E-state index in [1.165, 1.54) is 19.3 Å². The number of phosphoric acid groups is 1. The molecule has 0 radical (unpaired) electrons. The summed E-state index contributed by atoms with van der Waals surface area (Å²) in [6, 6.07) is -0.858. The lowest BCUT2D eigenvalue weighted by Gasteiger charge is -2.25. The fraction of sp³-hybridized carbons (Fsp3) is 0.569. The maximum atomic E-state index is 12.7. The maximum Gasteiger partial charge on any atom is 0.472 e. The van der Waals surface area contributed by atoms with Crippen molar-refractivity contribution >= 4 is 13.7 Å². The van der Waals surface area contributed by atoms with E-state index in [1.807, 2.05) is 27.2 Å². The van der Waals surface area contributed by atoms with Gasteiger partial charge in [-0.25, -0.2) is 4.57 Å². The van der Waals surface area contributed by atoms with Crippen LogP contribution in [0.4, 0.5) is 0 Å². The van der Waals surface area contributed by atoms with Gasteiger partial charge in [-0.05, 0) is 96.3 Å².